The first-order chi connectivity index (χ1) is 13.3. The lowest BCUT2D eigenvalue weighted by atomic mass is 10.4. The van der Waals surface area contributed by atoms with Gasteiger partial charge in [0, 0.05) is 13.2 Å². The molecular formula is C17H32O9Si2. The third kappa shape index (κ3) is 9.37. The Balaban J connectivity index is 1.45. The molecule has 0 radical (unpaired) electrons. The van der Waals surface area contributed by atoms with E-state index in [0.29, 0.717) is 26.4 Å². The van der Waals surface area contributed by atoms with Crippen molar-refractivity contribution in [2.45, 2.75) is 56.8 Å². The fourth-order valence-corrected chi connectivity index (χ4v) is 10.1. The summed E-state index contributed by atoms with van der Waals surface area (Å²) < 4.78 is 36.8. The lowest BCUT2D eigenvalue weighted by molar-refractivity contribution is 0.0460. The normalized spacial score (nSPS) is 23.1. The average molecular weight is 437 g/mol. The van der Waals surface area contributed by atoms with Crippen molar-refractivity contribution in [3.63, 3.8) is 0 Å². The van der Waals surface area contributed by atoms with Crippen molar-refractivity contribution in [2.24, 2.45) is 0 Å². The zero-order valence-electron chi connectivity index (χ0n) is 17.0. The van der Waals surface area contributed by atoms with Crippen molar-refractivity contribution >= 4 is 29.7 Å². The highest BCUT2D eigenvalue weighted by molar-refractivity contribution is 6.78. The van der Waals surface area contributed by atoms with E-state index in [1.54, 1.807) is 0 Å². The second kappa shape index (κ2) is 11.8. The van der Waals surface area contributed by atoms with Gasteiger partial charge < -0.3 is 32.5 Å². The Morgan fingerprint density at radius 2 is 1.50 bits per heavy atom. The molecule has 2 fully saturated rings. The molecule has 2 aliphatic heterocycles. The largest absolute Gasteiger partial charge is 0.508 e. The maximum absolute atomic E-state index is 10.8. The number of carbonyl (C=O) groups is 2. The topological polar surface area (TPSA) is 98.8 Å². The van der Waals surface area contributed by atoms with Crippen LogP contribution in [0.1, 0.15) is 12.8 Å². The number of cyclic esters (lactones) is 4. The van der Waals surface area contributed by atoms with E-state index in [2.05, 4.69) is 19.6 Å². The summed E-state index contributed by atoms with van der Waals surface area (Å²) >= 11 is 0. The van der Waals surface area contributed by atoms with E-state index < -0.39 is 29.7 Å². The van der Waals surface area contributed by atoms with Crippen LogP contribution in [0.5, 0.6) is 0 Å². The highest BCUT2D eigenvalue weighted by Gasteiger charge is 2.27. The Kier molecular flexibility index (Phi) is 9.72. The van der Waals surface area contributed by atoms with Crippen LogP contribution in [0.15, 0.2) is 0 Å². The Hall–Kier alpha value is -1.15. The van der Waals surface area contributed by atoms with Crippen molar-refractivity contribution in [1.29, 1.82) is 0 Å². The van der Waals surface area contributed by atoms with Gasteiger partial charge in [0.05, 0.1) is 13.2 Å². The summed E-state index contributed by atoms with van der Waals surface area (Å²) in [7, 11) is -2.93. The SMILES string of the molecule is C[SiH](CCCOCC1COC(=O)O1)O[Si](C)(C)CCCOCC1COC(=O)O1. The summed E-state index contributed by atoms with van der Waals surface area (Å²) in [4.78, 5) is 21.6. The van der Waals surface area contributed by atoms with E-state index in [4.69, 9.17) is 32.5 Å². The van der Waals surface area contributed by atoms with Crippen LogP contribution in [-0.2, 0) is 32.5 Å². The Morgan fingerprint density at radius 1 is 0.964 bits per heavy atom. The minimum Gasteiger partial charge on any atom is -0.458 e. The molecule has 2 rings (SSSR count). The third-order valence-corrected chi connectivity index (χ3v) is 11.3. The number of ether oxygens (including phenoxy) is 6. The van der Waals surface area contributed by atoms with E-state index in [9.17, 15) is 9.59 Å². The molecule has 0 aliphatic carbocycles. The van der Waals surface area contributed by atoms with Crippen molar-refractivity contribution < 1.29 is 42.1 Å². The molecule has 9 nitrogen and oxygen atoms in total. The number of rotatable bonds is 14. The number of hydrogen-bond acceptors (Lipinski definition) is 9. The van der Waals surface area contributed by atoms with E-state index in [1.807, 2.05) is 0 Å². The molecule has 0 saturated carbocycles. The van der Waals surface area contributed by atoms with Gasteiger partial charge >= 0.3 is 12.3 Å². The molecule has 0 spiro atoms. The number of hydrogen-bond donors (Lipinski definition) is 0. The third-order valence-electron chi connectivity index (χ3n) is 4.39. The van der Waals surface area contributed by atoms with E-state index in [0.717, 1.165) is 24.9 Å². The van der Waals surface area contributed by atoms with Crippen molar-refractivity contribution in [3.05, 3.63) is 0 Å². The van der Waals surface area contributed by atoms with Crippen molar-refractivity contribution in [2.75, 3.05) is 39.6 Å². The van der Waals surface area contributed by atoms with Crippen molar-refractivity contribution in [3.8, 4) is 0 Å². The van der Waals surface area contributed by atoms with Crippen LogP contribution in [0.2, 0.25) is 31.7 Å². The molecule has 0 aromatic carbocycles. The second-order valence-corrected chi connectivity index (χ2v) is 14.8. The second-order valence-electron chi connectivity index (χ2n) is 7.69. The molecule has 0 aromatic rings. The fourth-order valence-electron chi connectivity index (χ4n) is 3.06. The average Bonchev–Trinajstić information content (AvgIpc) is 3.22. The summed E-state index contributed by atoms with van der Waals surface area (Å²) in [5, 5.41) is 0. The maximum atomic E-state index is 10.8. The van der Waals surface area contributed by atoms with Crippen LogP contribution in [-0.4, -0.2) is 81.5 Å². The van der Waals surface area contributed by atoms with Gasteiger partial charge in [-0.3, -0.25) is 0 Å². The van der Waals surface area contributed by atoms with E-state index in [-0.39, 0.29) is 25.4 Å². The van der Waals surface area contributed by atoms with Gasteiger partial charge in [-0.05, 0) is 44.6 Å². The van der Waals surface area contributed by atoms with Crippen LogP contribution < -0.4 is 0 Å². The molecule has 2 aliphatic rings. The molecule has 0 aromatic heterocycles. The Bertz CT molecular complexity index is 503. The lowest BCUT2D eigenvalue weighted by Crippen LogP contribution is -2.36. The summed E-state index contributed by atoms with van der Waals surface area (Å²) in [6.45, 7) is 9.30. The highest BCUT2D eigenvalue weighted by Crippen LogP contribution is 2.17. The van der Waals surface area contributed by atoms with Crippen LogP contribution in [0.4, 0.5) is 9.59 Å². The standard InChI is InChI=1S/C17H32O9Si2/c1-27(8-4-6-20-10-14-12-22-16(18)24-14)26-28(2,3)9-5-7-21-11-15-13-23-17(19)25-15/h14-15,27H,4-13H2,1-3H3. The Morgan fingerprint density at radius 3 is 2.00 bits per heavy atom. The van der Waals surface area contributed by atoms with E-state index >= 15 is 0 Å². The molecular weight excluding hydrogens is 404 g/mol. The molecule has 2 saturated heterocycles. The molecule has 0 bridgehead atoms. The fraction of sp³-hybridized carbons (Fsp3) is 0.882. The smallest absolute Gasteiger partial charge is 0.458 e. The molecule has 2 heterocycles. The predicted octanol–water partition coefficient (Wildman–Crippen LogP) is 2.45. The molecule has 162 valence electrons. The van der Waals surface area contributed by atoms with Gasteiger partial charge in [0.25, 0.3) is 0 Å². The van der Waals surface area contributed by atoms with Gasteiger partial charge in [0.1, 0.15) is 13.2 Å². The summed E-state index contributed by atoms with van der Waals surface area (Å²) in [5.74, 6) is 0. The highest BCUT2D eigenvalue weighted by atomic mass is 28.4. The van der Waals surface area contributed by atoms with Crippen LogP contribution in [0.25, 0.3) is 0 Å². The first kappa shape index (κ1) is 23.1. The maximum Gasteiger partial charge on any atom is 0.508 e. The van der Waals surface area contributed by atoms with E-state index in [1.165, 1.54) is 0 Å². The van der Waals surface area contributed by atoms with Gasteiger partial charge in [-0.1, -0.05) is 0 Å². The first-order valence-corrected chi connectivity index (χ1v) is 15.4. The molecule has 0 N–H and O–H groups in total. The zero-order chi connectivity index (χ0) is 20.4. The predicted molar refractivity (Wildman–Crippen MR) is 105 cm³/mol. The summed E-state index contributed by atoms with van der Waals surface area (Å²) in [6.07, 6.45) is 0.0993. The van der Waals surface area contributed by atoms with Crippen molar-refractivity contribution in [1.82, 2.24) is 0 Å². The number of carbonyl (C=O) groups excluding carboxylic acids is 2. The quantitative estimate of drug-likeness (QED) is 0.231. The monoisotopic (exact) mass is 436 g/mol. The van der Waals surface area contributed by atoms with Crippen LogP contribution in [0.3, 0.4) is 0 Å². The summed E-state index contributed by atoms with van der Waals surface area (Å²) in [5.41, 5.74) is 0. The van der Waals surface area contributed by atoms with Gasteiger partial charge in [-0.15, -0.1) is 0 Å². The lowest BCUT2D eigenvalue weighted by Gasteiger charge is -2.27. The van der Waals surface area contributed by atoms with Gasteiger partial charge in [0.15, 0.2) is 29.6 Å². The minimum absolute atomic E-state index is 0.272. The van der Waals surface area contributed by atoms with Crippen LogP contribution in [0, 0.1) is 0 Å². The molecule has 3 atom stereocenters. The minimum atomic E-state index is -1.70. The molecule has 0 amide bonds. The van der Waals surface area contributed by atoms with Gasteiger partial charge in [-0.2, -0.15) is 0 Å². The first-order valence-electron chi connectivity index (χ1n) is 9.84. The Labute approximate surface area is 168 Å². The van der Waals surface area contributed by atoms with Gasteiger partial charge in [-0.25, -0.2) is 9.59 Å². The zero-order valence-corrected chi connectivity index (χ0v) is 19.1. The molecule has 3 unspecified atom stereocenters. The molecule has 28 heavy (non-hydrogen) atoms. The molecule has 11 heteroatoms. The van der Waals surface area contributed by atoms with Gasteiger partial charge in [0.2, 0.25) is 0 Å². The van der Waals surface area contributed by atoms with Crippen LogP contribution >= 0.6 is 0 Å². The summed E-state index contributed by atoms with van der Waals surface area (Å²) in [6, 6.07) is 2.09.